The van der Waals surface area contributed by atoms with Gasteiger partial charge in [0, 0.05) is 25.0 Å². The molecular weight excluding hydrogens is 230 g/mol. The molecule has 2 aromatic rings. The molecule has 0 spiro atoms. The Bertz CT molecular complexity index is 372. The van der Waals surface area contributed by atoms with Crippen molar-refractivity contribution in [1.82, 2.24) is 14.9 Å². The first-order valence-corrected chi connectivity index (χ1v) is 6.97. The summed E-state index contributed by atoms with van der Waals surface area (Å²) in [6.07, 6.45) is 4.86. The first-order chi connectivity index (χ1) is 8.29. The summed E-state index contributed by atoms with van der Waals surface area (Å²) in [5.74, 6) is 1.04. The van der Waals surface area contributed by atoms with Gasteiger partial charge in [-0.3, -0.25) is 4.90 Å². The normalized spacial score (nSPS) is 13.1. The number of hydrogen-bond acceptors (Lipinski definition) is 3. The van der Waals surface area contributed by atoms with Crippen molar-refractivity contribution >= 4 is 11.3 Å². The van der Waals surface area contributed by atoms with Crippen LogP contribution in [0.15, 0.2) is 29.2 Å². The number of rotatable bonds is 6. The standard InChI is InChI=1S/C13H19N3S/c1-3-11(2)16(8-12-4-7-17-10-12)9-13-14-5-6-15-13/h4-7,10-11H,3,8-9H2,1-2H3,(H,14,15)/t11-/m0/s1. The van der Waals surface area contributed by atoms with Gasteiger partial charge >= 0.3 is 0 Å². The Balaban J connectivity index is 2.03. The predicted octanol–water partition coefficient (Wildman–Crippen LogP) is 3.27. The maximum atomic E-state index is 4.31. The molecule has 0 aliphatic heterocycles. The van der Waals surface area contributed by atoms with Crippen molar-refractivity contribution in [1.29, 1.82) is 0 Å². The number of H-pyrrole nitrogens is 1. The van der Waals surface area contributed by atoms with Gasteiger partial charge in [0.2, 0.25) is 0 Å². The summed E-state index contributed by atoms with van der Waals surface area (Å²) >= 11 is 1.76. The molecule has 17 heavy (non-hydrogen) atoms. The predicted molar refractivity (Wildman–Crippen MR) is 71.9 cm³/mol. The van der Waals surface area contributed by atoms with Gasteiger partial charge in [0.05, 0.1) is 6.54 Å². The van der Waals surface area contributed by atoms with E-state index in [4.69, 9.17) is 0 Å². The van der Waals surface area contributed by atoms with Crippen LogP contribution in [0.1, 0.15) is 31.7 Å². The Morgan fingerprint density at radius 3 is 2.94 bits per heavy atom. The highest BCUT2D eigenvalue weighted by Crippen LogP contribution is 2.15. The lowest BCUT2D eigenvalue weighted by Crippen LogP contribution is -2.31. The van der Waals surface area contributed by atoms with Gasteiger partial charge < -0.3 is 4.98 Å². The zero-order valence-corrected chi connectivity index (χ0v) is 11.2. The van der Waals surface area contributed by atoms with E-state index in [9.17, 15) is 0 Å². The summed E-state index contributed by atoms with van der Waals surface area (Å²) in [6.45, 7) is 6.39. The number of nitrogens with zero attached hydrogens (tertiary/aromatic N) is 2. The fraction of sp³-hybridized carbons (Fsp3) is 0.462. The summed E-state index contributed by atoms with van der Waals surface area (Å²) < 4.78 is 0. The van der Waals surface area contributed by atoms with E-state index in [1.165, 1.54) is 5.56 Å². The number of aromatic amines is 1. The molecule has 2 heterocycles. The summed E-state index contributed by atoms with van der Waals surface area (Å²) in [5.41, 5.74) is 1.39. The molecule has 1 N–H and O–H groups in total. The molecule has 0 saturated carbocycles. The average Bonchev–Trinajstić information content (AvgIpc) is 3.00. The molecule has 0 fully saturated rings. The van der Waals surface area contributed by atoms with Crippen molar-refractivity contribution in [3.8, 4) is 0 Å². The lowest BCUT2D eigenvalue weighted by atomic mass is 10.2. The summed E-state index contributed by atoms with van der Waals surface area (Å²) in [7, 11) is 0. The van der Waals surface area contributed by atoms with E-state index < -0.39 is 0 Å². The Morgan fingerprint density at radius 2 is 2.35 bits per heavy atom. The van der Waals surface area contributed by atoms with E-state index in [2.05, 4.69) is 45.5 Å². The molecule has 3 nitrogen and oxygen atoms in total. The van der Waals surface area contributed by atoms with Crippen molar-refractivity contribution in [2.45, 2.75) is 39.4 Å². The molecule has 0 amide bonds. The third-order valence-corrected chi connectivity index (χ3v) is 3.82. The maximum absolute atomic E-state index is 4.31. The molecule has 0 aliphatic carbocycles. The van der Waals surface area contributed by atoms with Gasteiger partial charge in [-0.1, -0.05) is 6.92 Å². The van der Waals surface area contributed by atoms with Crippen LogP contribution in [0.25, 0.3) is 0 Å². The molecule has 1 atom stereocenters. The maximum Gasteiger partial charge on any atom is 0.120 e. The van der Waals surface area contributed by atoms with E-state index in [0.29, 0.717) is 6.04 Å². The quantitative estimate of drug-likeness (QED) is 0.852. The van der Waals surface area contributed by atoms with Gasteiger partial charge in [-0.15, -0.1) is 0 Å². The van der Waals surface area contributed by atoms with Gasteiger partial charge in [-0.25, -0.2) is 4.98 Å². The molecule has 2 rings (SSSR count). The van der Waals surface area contributed by atoms with Crippen molar-refractivity contribution in [2.75, 3.05) is 0 Å². The van der Waals surface area contributed by atoms with Crippen LogP contribution in [0.3, 0.4) is 0 Å². The summed E-state index contributed by atoms with van der Waals surface area (Å²) in [5, 5.41) is 4.36. The zero-order valence-electron chi connectivity index (χ0n) is 10.4. The van der Waals surface area contributed by atoms with Gasteiger partial charge in [0.15, 0.2) is 0 Å². The number of thiophene rings is 1. The van der Waals surface area contributed by atoms with E-state index in [1.54, 1.807) is 11.3 Å². The largest absolute Gasteiger partial charge is 0.348 e. The van der Waals surface area contributed by atoms with Crippen LogP contribution < -0.4 is 0 Å². The number of imidazole rings is 1. The van der Waals surface area contributed by atoms with Crippen LogP contribution >= 0.6 is 11.3 Å². The van der Waals surface area contributed by atoms with Crippen molar-refractivity contribution in [3.63, 3.8) is 0 Å². The minimum Gasteiger partial charge on any atom is -0.348 e. The lowest BCUT2D eigenvalue weighted by Gasteiger charge is -2.27. The first kappa shape index (κ1) is 12.3. The SMILES string of the molecule is CC[C@H](C)N(Cc1ccsc1)Cc1ncc[nH]1. The van der Waals surface area contributed by atoms with Crippen molar-refractivity contribution < 1.29 is 0 Å². The van der Waals surface area contributed by atoms with E-state index in [-0.39, 0.29) is 0 Å². The van der Waals surface area contributed by atoms with Crippen molar-refractivity contribution in [3.05, 3.63) is 40.6 Å². The smallest absolute Gasteiger partial charge is 0.120 e. The molecule has 0 unspecified atom stereocenters. The Labute approximate surface area is 107 Å². The Kier molecular flexibility index (Phi) is 4.34. The fourth-order valence-electron chi connectivity index (χ4n) is 1.82. The number of hydrogen-bond donors (Lipinski definition) is 1. The second kappa shape index (κ2) is 5.98. The minimum atomic E-state index is 0.569. The second-order valence-corrected chi connectivity index (χ2v) is 5.11. The van der Waals surface area contributed by atoms with Gasteiger partial charge in [-0.2, -0.15) is 11.3 Å². The fourth-order valence-corrected chi connectivity index (χ4v) is 2.48. The van der Waals surface area contributed by atoms with Crippen LogP contribution in [0.5, 0.6) is 0 Å². The molecule has 4 heteroatoms. The zero-order chi connectivity index (χ0) is 12.1. The van der Waals surface area contributed by atoms with Crippen LogP contribution in [0.2, 0.25) is 0 Å². The molecule has 92 valence electrons. The molecule has 0 aromatic carbocycles. The lowest BCUT2D eigenvalue weighted by molar-refractivity contribution is 0.182. The molecule has 0 aliphatic rings. The number of aromatic nitrogens is 2. The highest BCUT2D eigenvalue weighted by Gasteiger charge is 2.14. The molecule has 2 aromatic heterocycles. The summed E-state index contributed by atoms with van der Waals surface area (Å²) in [4.78, 5) is 9.94. The minimum absolute atomic E-state index is 0.569. The van der Waals surface area contributed by atoms with Crippen LogP contribution in [-0.4, -0.2) is 20.9 Å². The van der Waals surface area contributed by atoms with Crippen molar-refractivity contribution in [2.24, 2.45) is 0 Å². The first-order valence-electron chi connectivity index (χ1n) is 6.03. The Hall–Kier alpha value is -1.13. The van der Waals surface area contributed by atoms with E-state index in [1.807, 2.05) is 12.4 Å². The van der Waals surface area contributed by atoms with Crippen LogP contribution in [0, 0.1) is 0 Å². The second-order valence-electron chi connectivity index (χ2n) is 4.33. The number of nitrogens with one attached hydrogen (secondary N) is 1. The third-order valence-electron chi connectivity index (χ3n) is 3.09. The van der Waals surface area contributed by atoms with E-state index >= 15 is 0 Å². The van der Waals surface area contributed by atoms with Gasteiger partial charge in [-0.05, 0) is 35.7 Å². The molecule has 0 bridgehead atoms. The van der Waals surface area contributed by atoms with Gasteiger partial charge in [0.25, 0.3) is 0 Å². The monoisotopic (exact) mass is 249 g/mol. The highest BCUT2D eigenvalue weighted by atomic mass is 32.1. The Morgan fingerprint density at radius 1 is 1.47 bits per heavy atom. The third kappa shape index (κ3) is 3.41. The highest BCUT2D eigenvalue weighted by molar-refractivity contribution is 7.07. The average molecular weight is 249 g/mol. The molecule has 0 radical (unpaired) electrons. The molecular formula is C13H19N3S. The van der Waals surface area contributed by atoms with E-state index in [0.717, 1.165) is 25.3 Å². The van der Waals surface area contributed by atoms with Crippen LogP contribution in [-0.2, 0) is 13.1 Å². The van der Waals surface area contributed by atoms with Gasteiger partial charge in [0.1, 0.15) is 5.82 Å². The summed E-state index contributed by atoms with van der Waals surface area (Å²) in [6, 6.07) is 2.77. The topological polar surface area (TPSA) is 31.9 Å². The molecule has 0 saturated heterocycles. The van der Waals surface area contributed by atoms with Crippen LogP contribution in [0.4, 0.5) is 0 Å².